The second-order valence-electron chi connectivity index (χ2n) is 6.96. The van der Waals surface area contributed by atoms with E-state index in [2.05, 4.69) is 4.72 Å². The van der Waals surface area contributed by atoms with Crippen molar-refractivity contribution in [3.63, 3.8) is 0 Å². The second kappa shape index (κ2) is 8.91. The molecule has 1 N–H and O–H groups in total. The molecule has 0 bridgehead atoms. The number of carbonyl (C=O) groups excluding carboxylic acids is 1. The summed E-state index contributed by atoms with van der Waals surface area (Å²) in [5.74, 6) is -0.342. The summed E-state index contributed by atoms with van der Waals surface area (Å²) < 4.78 is 28.6. The van der Waals surface area contributed by atoms with E-state index in [0.29, 0.717) is 11.1 Å². The number of benzene rings is 3. The predicted molar refractivity (Wildman–Crippen MR) is 116 cm³/mol. The Morgan fingerprint density at radius 1 is 0.862 bits per heavy atom. The van der Waals surface area contributed by atoms with Gasteiger partial charge in [0, 0.05) is 5.56 Å². The summed E-state index contributed by atoms with van der Waals surface area (Å²) >= 11 is 6.56. The fourth-order valence-electron chi connectivity index (χ4n) is 3.03. The van der Waals surface area contributed by atoms with Crippen LogP contribution in [0.15, 0.2) is 83.8 Å². The van der Waals surface area contributed by atoms with Crippen molar-refractivity contribution in [1.82, 2.24) is 4.72 Å². The highest BCUT2D eigenvalue weighted by Gasteiger charge is 2.32. The summed E-state index contributed by atoms with van der Waals surface area (Å²) in [4.78, 5) is 13.1. The van der Waals surface area contributed by atoms with Crippen LogP contribution in [0.1, 0.15) is 33.1 Å². The number of aryl methyl sites for hydroxylation is 2. The first kappa shape index (κ1) is 21.2. The van der Waals surface area contributed by atoms with Gasteiger partial charge in [0.05, 0.1) is 10.9 Å². The number of ketones is 1. The molecule has 6 heteroatoms. The van der Waals surface area contributed by atoms with Crippen molar-refractivity contribution in [3.05, 3.63) is 101 Å². The molecule has 0 aromatic heterocycles. The molecule has 0 saturated carbocycles. The van der Waals surface area contributed by atoms with Crippen LogP contribution in [0.4, 0.5) is 0 Å². The molecule has 3 rings (SSSR count). The average Bonchev–Trinajstić information content (AvgIpc) is 2.72. The van der Waals surface area contributed by atoms with Crippen LogP contribution in [-0.2, 0) is 10.0 Å². The zero-order valence-corrected chi connectivity index (χ0v) is 17.7. The van der Waals surface area contributed by atoms with Crippen molar-refractivity contribution < 1.29 is 13.2 Å². The number of alkyl halides is 1. The van der Waals surface area contributed by atoms with Gasteiger partial charge in [0.25, 0.3) is 0 Å². The van der Waals surface area contributed by atoms with Gasteiger partial charge in [-0.1, -0.05) is 77.9 Å². The number of hydrogen-bond donors (Lipinski definition) is 1. The fraction of sp³-hybridized carbons (Fsp3) is 0.174. The molecule has 29 heavy (non-hydrogen) atoms. The van der Waals surface area contributed by atoms with Crippen molar-refractivity contribution in [2.24, 2.45) is 0 Å². The number of halogens is 1. The van der Waals surface area contributed by atoms with E-state index in [4.69, 9.17) is 11.6 Å². The molecule has 0 aliphatic heterocycles. The normalized spacial score (nSPS) is 13.6. The highest BCUT2D eigenvalue weighted by Crippen LogP contribution is 2.27. The van der Waals surface area contributed by atoms with Gasteiger partial charge in [-0.2, -0.15) is 0 Å². The van der Waals surface area contributed by atoms with Gasteiger partial charge in [-0.05, 0) is 31.5 Å². The lowest BCUT2D eigenvalue weighted by molar-refractivity contribution is 0.0977. The largest absolute Gasteiger partial charge is 0.292 e. The molecule has 0 unspecified atom stereocenters. The minimum absolute atomic E-state index is 0.122. The Labute approximate surface area is 176 Å². The molecule has 0 aliphatic rings. The number of nitrogens with one attached hydrogen (secondary N) is 1. The fourth-order valence-corrected chi connectivity index (χ4v) is 4.67. The molecule has 150 valence electrons. The molecule has 2 atom stereocenters. The van der Waals surface area contributed by atoms with E-state index < -0.39 is 21.4 Å². The summed E-state index contributed by atoms with van der Waals surface area (Å²) in [5.41, 5.74) is 2.95. The lowest BCUT2D eigenvalue weighted by Crippen LogP contribution is -2.37. The van der Waals surface area contributed by atoms with Gasteiger partial charge in [-0.3, -0.25) is 4.79 Å². The quantitative estimate of drug-likeness (QED) is 0.434. The molecule has 0 aliphatic carbocycles. The van der Waals surface area contributed by atoms with Gasteiger partial charge < -0.3 is 0 Å². The van der Waals surface area contributed by atoms with Crippen LogP contribution in [0.2, 0.25) is 0 Å². The Morgan fingerprint density at radius 2 is 1.52 bits per heavy atom. The zero-order valence-electron chi connectivity index (χ0n) is 16.2. The summed E-state index contributed by atoms with van der Waals surface area (Å²) in [5, 5.41) is -1.11. The highest BCUT2D eigenvalue weighted by atomic mass is 35.5. The van der Waals surface area contributed by atoms with Crippen LogP contribution in [0, 0.1) is 13.8 Å². The van der Waals surface area contributed by atoms with E-state index in [1.54, 1.807) is 48.5 Å². The summed E-state index contributed by atoms with van der Waals surface area (Å²) in [6.45, 7) is 3.78. The third-order valence-electron chi connectivity index (χ3n) is 4.62. The topological polar surface area (TPSA) is 63.2 Å². The molecular formula is C23H22ClNO3S. The number of hydrogen-bond acceptors (Lipinski definition) is 3. The van der Waals surface area contributed by atoms with E-state index in [-0.39, 0.29) is 10.7 Å². The molecule has 0 saturated heterocycles. The van der Waals surface area contributed by atoms with E-state index in [9.17, 15) is 13.2 Å². The van der Waals surface area contributed by atoms with Crippen molar-refractivity contribution in [1.29, 1.82) is 0 Å². The van der Waals surface area contributed by atoms with Crippen LogP contribution in [-0.4, -0.2) is 19.6 Å². The van der Waals surface area contributed by atoms with Crippen LogP contribution < -0.4 is 4.72 Å². The van der Waals surface area contributed by atoms with Gasteiger partial charge >= 0.3 is 0 Å². The standard InChI is InChI=1S/C23H22ClNO3S/c1-16-11-13-20(14-12-16)29(27,28)25-22(19-10-6-7-17(2)15-19)21(24)23(26)18-8-4-3-5-9-18/h3-15,21-22,25H,1-2H3/t21-,22-/m1/s1. The lowest BCUT2D eigenvalue weighted by Gasteiger charge is -2.24. The van der Waals surface area contributed by atoms with Gasteiger partial charge in [0.15, 0.2) is 5.78 Å². The van der Waals surface area contributed by atoms with E-state index in [0.717, 1.165) is 11.1 Å². The first-order chi connectivity index (χ1) is 13.8. The van der Waals surface area contributed by atoms with Crippen molar-refractivity contribution in [2.45, 2.75) is 30.2 Å². The Morgan fingerprint density at radius 3 is 2.14 bits per heavy atom. The Balaban J connectivity index is 1.99. The number of rotatable bonds is 7. The zero-order chi connectivity index (χ0) is 21.0. The predicted octanol–water partition coefficient (Wildman–Crippen LogP) is 4.81. The lowest BCUT2D eigenvalue weighted by atomic mass is 9.97. The molecule has 0 amide bonds. The Kier molecular flexibility index (Phi) is 6.52. The summed E-state index contributed by atoms with van der Waals surface area (Å²) in [6.07, 6.45) is 0. The first-order valence-corrected chi connectivity index (χ1v) is 11.1. The molecule has 4 nitrogen and oxygen atoms in total. The Hall–Kier alpha value is -2.47. The Bertz CT molecular complexity index is 1100. The number of sulfonamides is 1. The monoisotopic (exact) mass is 427 g/mol. The molecule has 3 aromatic rings. The number of carbonyl (C=O) groups is 1. The first-order valence-electron chi connectivity index (χ1n) is 9.17. The van der Waals surface area contributed by atoms with Crippen LogP contribution in [0.5, 0.6) is 0 Å². The van der Waals surface area contributed by atoms with Gasteiger partial charge in [0.1, 0.15) is 5.38 Å². The SMILES string of the molecule is Cc1ccc(S(=O)(=O)N[C@H](c2cccc(C)c2)[C@@H](Cl)C(=O)c2ccccc2)cc1. The third kappa shape index (κ3) is 5.12. The van der Waals surface area contributed by atoms with E-state index in [1.165, 1.54) is 12.1 Å². The molecule has 3 aromatic carbocycles. The average molecular weight is 428 g/mol. The van der Waals surface area contributed by atoms with Crippen molar-refractivity contribution >= 4 is 27.4 Å². The van der Waals surface area contributed by atoms with Crippen LogP contribution in [0.25, 0.3) is 0 Å². The van der Waals surface area contributed by atoms with E-state index in [1.807, 2.05) is 32.0 Å². The smallest absolute Gasteiger partial charge is 0.241 e. The summed E-state index contributed by atoms with van der Waals surface area (Å²) in [6, 6.07) is 21.5. The van der Waals surface area contributed by atoms with E-state index >= 15 is 0 Å². The van der Waals surface area contributed by atoms with Gasteiger partial charge in [0.2, 0.25) is 10.0 Å². The molecule has 0 fully saturated rings. The third-order valence-corrected chi connectivity index (χ3v) is 6.52. The summed E-state index contributed by atoms with van der Waals surface area (Å²) in [7, 11) is -3.88. The minimum atomic E-state index is -3.88. The maximum absolute atomic E-state index is 13.0. The molecule has 0 heterocycles. The van der Waals surface area contributed by atoms with Crippen molar-refractivity contribution in [2.75, 3.05) is 0 Å². The van der Waals surface area contributed by atoms with Crippen LogP contribution in [0.3, 0.4) is 0 Å². The molecule has 0 radical (unpaired) electrons. The highest BCUT2D eigenvalue weighted by molar-refractivity contribution is 7.89. The maximum atomic E-state index is 13.0. The van der Waals surface area contributed by atoms with Gasteiger partial charge in [-0.15, -0.1) is 11.6 Å². The second-order valence-corrected chi connectivity index (χ2v) is 9.14. The molecule has 0 spiro atoms. The molecular weight excluding hydrogens is 406 g/mol. The maximum Gasteiger partial charge on any atom is 0.241 e. The van der Waals surface area contributed by atoms with Crippen molar-refractivity contribution in [3.8, 4) is 0 Å². The number of Topliss-reactive ketones (excluding diaryl/α,β-unsaturated/α-hetero) is 1. The van der Waals surface area contributed by atoms with Crippen LogP contribution >= 0.6 is 11.6 Å². The minimum Gasteiger partial charge on any atom is -0.292 e. The van der Waals surface area contributed by atoms with Gasteiger partial charge in [-0.25, -0.2) is 13.1 Å².